The lowest BCUT2D eigenvalue weighted by molar-refractivity contribution is -0.133. The van der Waals surface area contributed by atoms with Crippen LogP contribution in [0.25, 0.3) is 27.2 Å². The molecule has 1 aliphatic rings. The molecule has 130 valence electrons. The van der Waals surface area contributed by atoms with Gasteiger partial charge in [-0.2, -0.15) is 0 Å². The van der Waals surface area contributed by atoms with Gasteiger partial charge in [-0.3, -0.25) is 4.99 Å². The van der Waals surface area contributed by atoms with Gasteiger partial charge in [-0.15, -0.1) is 0 Å². The number of aromatic nitrogens is 1. The molecule has 2 aromatic carbocycles. The molecule has 6 heteroatoms. The number of hydrogen-bond acceptors (Lipinski definition) is 3. The standard InChI is InChI=1S/C20H16N2O4/c1-11-16-9-13-6-5-12-3-2-4-14(15(20(25)26)10-17(23)24)18(12)19(13)22(16)8-7-21-11/h2-6,9-10H,7-8H2,1H3,(H,23,24)(H,25,26). The zero-order valence-corrected chi connectivity index (χ0v) is 14.1. The van der Waals surface area contributed by atoms with Crippen LogP contribution < -0.4 is 0 Å². The third kappa shape index (κ3) is 2.38. The molecule has 0 atom stereocenters. The summed E-state index contributed by atoms with van der Waals surface area (Å²) in [4.78, 5) is 27.4. The van der Waals surface area contributed by atoms with Crippen molar-refractivity contribution in [3.63, 3.8) is 0 Å². The average Bonchev–Trinajstić information content (AvgIpc) is 2.99. The van der Waals surface area contributed by atoms with Crippen LogP contribution in [-0.2, 0) is 16.1 Å². The minimum absolute atomic E-state index is 0.229. The Balaban J connectivity index is 2.16. The Morgan fingerprint density at radius 3 is 2.65 bits per heavy atom. The number of carboxylic acid groups (broad SMARTS) is 2. The molecule has 1 aliphatic heterocycles. The molecule has 0 unspecified atom stereocenters. The van der Waals surface area contributed by atoms with E-state index in [1.54, 1.807) is 12.1 Å². The van der Waals surface area contributed by atoms with E-state index < -0.39 is 11.9 Å². The van der Waals surface area contributed by atoms with Crippen molar-refractivity contribution < 1.29 is 19.8 Å². The fraction of sp³-hybridized carbons (Fsp3) is 0.150. The van der Waals surface area contributed by atoms with Gasteiger partial charge in [0.2, 0.25) is 0 Å². The molecule has 0 aliphatic carbocycles. The van der Waals surface area contributed by atoms with Gasteiger partial charge in [-0.1, -0.05) is 30.3 Å². The number of nitrogens with zero attached hydrogens (tertiary/aromatic N) is 2. The molecule has 0 radical (unpaired) electrons. The van der Waals surface area contributed by atoms with E-state index in [4.69, 9.17) is 5.11 Å². The molecule has 4 rings (SSSR count). The summed E-state index contributed by atoms with van der Waals surface area (Å²) in [5, 5.41) is 21.3. The summed E-state index contributed by atoms with van der Waals surface area (Å²) in [6.45, 7) is 3.33. The first kappa shape index (κ1) is 16.1. The van der Waals surface area contributed by atoms with E-state index >= 15 is 0 Å². The first-order chi connectivity index (χ1) is 12.5. The van der Waals surface area contributed by atoms with Crippen molar-refractivity contribution in [3.8, 4) is 0 Å². The second-order valence-electron chi connectivity index (χ2n) is 6.26. The van der Waals surface area contributed by atoms with Crippen LogP contribution in [0.4, 0.5) is 0 Å². The summed E-state index contributed by atoms with van der Waals surface area (Å²) in [5.74, 6) is -2.55. The van der Waals surface area contributed by atoms with E-state index in [2.05, 4.69) is 9.56 Å². The zero-order chi connectivity index (χ0) is 18.4. The van der Waals surface area contributed by atoms with Gasteiger partial charge in [0, 0.05) is 23.4 Å². The van der Waals surface area contributed by atoms with E-state index in [9.17, 15) is 14.7 Å². The third-order valence-electron chi connectivity index (χ3n) is 4.73. The molecule has 26 heavy (non-hydrogen) atoms. The van der Waals surface area contributed by atoms with Crippen LogP contribution in [0, 0.1) is 0 Å². The third-order valence-corrected chi connectivity index (χ3v) is 4.73. The molecular formula is C20H16N2O4. The maximum atomic E-state index is 11.7. The number of fused-ring (bicyclic) bond motifs is 5. The Labute approximate surface area is 148 Å². The summed E-state index contributed by atoms with van der Waals surface area (Å²) in [5.41, 5.74) is 3.04. The van der Waals surface area contributed by atoms with Crippen LogP contribution in [0.2, 0.25) is 0 Å². The van der Waals surface area contributed by atoms with E-state index in [1.807, 2.05) is 31.2 Å². The second kappa shape index (κ2) is 5.84. The fourth-order valence-electron chi connectivity index (χ4n) is 3.66. The highest BCUT2D eigenvalue weighted by molar-refractivity contribution is 6.25. The van der Waals surface area contributed by atoms with E-state index in [1.165, 1.54) is 0 Å². The maximum absolute atomic E-state index is 11.7. The highest BCUT2D eigenvalue weighted by Crippen LogP contribution is 2.35. The largest absolute Gasteiger partial charge is 0.478 e. The number of carbonyl (C=O) groups is 2. The lowest BCUT2D eigenvalue weighted by Gasteiger charge is -2.16. The van der Waals surface area contributed by atoms with Gasteiger partial charge in [0.05, 0.1) is 29.0 Å². The van der Waals surface area contributed by atoms with Crippen LogP contribution in [0.1, 0.15) is 18.2 Å². The fourth-order valence-corrected chi connectivity index (χ4v) is 3.66. The summed E-state index contributed by atoms with van der Waals surface area (Å²) < 4.78 is 2.14. The SMILES string of the molecule is CC1=NCCn2c1cc1ccc3cccc(C(=CC(=O)O)C(=O)O)c3c12. The normalized spacial score (nSPS) is 14.3. The number of rotatable bonds is 3. The first-order valence-electron chi connectivity index (χ1n) is 8.22. The van der Waals surface area contributed by atoms with Crippen molar-refractivity contribution >= 4 is 44.9 Å². The Kier molecular flexibility index (Phi) is 3.61. The predicted molar refractivity (Wildman–Crippen MR) is 99.8 cm³/mol. The van der Waals surface area contributed by atoms with Gasteiger partial charge in [0.15, 0.2) is 0 Å². The number of carboxylic acids is 2. The topological polar surface area (TPSA) is 91.9 Å². The highest BCUT2D eigenvalue weighted by atomic mass is 16.4. The zero-order valence-electron chi connectivity index (χ0n) is 14.1. The van der Waals surface area contributed by atoms with E-state index in [-0.39, 0.29) is 5.57 Å². The highest BCUT2D eigenvalue weighted by Gasteiger charge is 2.21. The number of hydrogen-bond donors (Lipinski definition) is 2. The van der Waals surface area contributed by atoms with Crippen molar-refractivity contribution in [1.82, 2.24) is 4.57 Å². The number of aliphatic carboxylic acids is 2. The van der Waals surface area contributed by atoms with Crippen molar-refractivity contribution in [3.05, 3.63) is 53.7 Å². The Bertz CT molecular complexity index is 1150. The molecule has 6 nitrogen and oxygen atoms in total. The molecule has 0 amide bonds. The van der Waals surface area contributed by atoms with Gasteiger partial charge in [0.25, 0.3) is 0 Å². The van der Waals surface area contributed by atoms with Gasteiger partial charge >= 0.3 is 11.9 Å². The molecule has 0 spiro atoms. The van der Waals surface area contributed by atoms with Crippen LogP contribution in [0.15, 0.2) is 47.5 Å². The van der Waals surface area contributed by atoms with Gasteiger partial charge < -0.3 is 14.8 Å². The molecule has 3 aromatic rings. The molecule has 1 aromatic heterocycles. The first-order valence-corrected chi connectivity index (χ1v) is 8.22. The van der Waals surface area contributed by atoms with Crippen LogP contribution in [0.5, 0.6) is 0 Å². The molecule has 2 heterocycles. The quantitative estimate of drug-likeness (QED) is 0.711. The summed E-state index contributed by atoms with van der Waals surface area (Å²) >= 11 is 0. The van der Waals surface area contributed by atoms with Gasteiger partial charge in [-0.25, -0.2) is 9.59 Å². The molecule has 0 saturated carbocycles. The Morgan fingerprint density at radius 2 is 1.92 bits per heavy atom. The van der Waals surface area contributed by atoms with Crippen molar-refractivity contribution in [2.45, 2.75) is 13.5 Å². The average molecular weight is 348 g/mol. The number of aliphatic imine (C=N–C) groups is 1. The molecular weight excluding hydrogens is 332 g/mol. The molecule has 2 N–H and O–H groups in total. The minimum Gasteiger partial charge on any atom is -0.478 e. The monoisotopic (exact) mass is 348 g/mol. The number of benzene rings is 2. The molecule has 0 fully saturated rings. The summed E-state index contributed by atoms with van der Waals surface area (Å²) in [7, 11) is 0. The maximum Gasteiger partial charge on any atom is 0.336 e. The van der Waals surface area contributed by atoms with E-state index in [0.29, 0.717) is 18.7 Å². The minimum atomic E-state index is -1.29. The van der Waals surface area contributed by atoms with Crippen LogP contribution in [-0.4, -0.2) is 39.0 Å². The van der Waals surface area contributed by atoms with Gasteiger partial charge in [-0.05, 0) is 23.9 Å². The summed E-state index contributed by atoms with van der Waals surface area (Å²) in [6, 6.07) is 11.3. The van der Waals surface area contributed by atoms with Crippen molar-refractivity contribution in [1.29, 1.82) is 0 Å². The van der Waals surface area contributed by atoms with Gasteiger partial charge in [0.1, 0.15) is 0 Å². The second-order valence-corrected chi connectivity index (χ2v) is 6.26. The van der Waals surface area contributed by atoms with Crippen LogP contribution >= 0.6 is 0 Å². The predicted octanol–water partition coefficient (Wildman–Crippen LogP) is 3.17. The van der Waals surface area contributed by atoms with Crippen molar-refractivity contribution in [2.24, 2.45) is 4.99 Å². The summed E-state index contributed by atoms with van der Waals surface area (Å²) in [6.07, 6.45) is 0.753. The molecule has 0 bridgehead atoms. The van der Waals surface area contributed by atoms with Crippen LogP contribution in [0.3, 0.4) is 0 Å². The Morgan fingerprint density at radius 1 is 1.15 bits per heavy atom. The smallest absolute Gasteiger partial charge is 0.336 e. The van der Waals surface area contributed by atoms with Crippen molar-refractivity contribution in [2.75, 3.05) is 6.54 Å². The Hall–Kier alpha value is -3.41. The molecule has 0 saturated heterocycles. The lowest BCUT2D eigenvalue weighted by Crippen LogP contribution is -2.15. The van der Waals surface area contributed by atoms with E-state index in [0.717, 1.165) is 39.2 Å². The lowest BCUT2D eigenvalue weighted by atomic mass is 9.96.